The van der Waals surface area contributed by atoms with Gasteiger partial charge in [0.25, 0.3) is 5.91 Å². The fourth-order valence-corrected chi connectivity index (χ4v) is 4.26. The molecule has 2 N–H and O–H groups in total. The van der Waals surface area contributed by atoms with Crippen LogP contribution >= 0.6 is 0 Å². The third-order valence-electron chi connectivity index (χ3n) is 5.86. The molecular formula is C22H30FN3O3. The Bertz CT molecular complexity index is 744. The molecule has 6 nitrogen and oxygen atoms in total. The fraction of sp³-hybridized carbons (Fsp3) is 0.591. The van der Waals surface area contributed by atoms with Gasteiger partial charge in [-0.15, -0.1) is 0 Å². The van der Waals surface area contributed by atoms with Gasteiger partial charge in [-0.2, -0.15) is 0 Å². The van der Waals surface area contributed by atoms with Crippen LogP contribution in [0.15, 0.2) is 24.3 Å². The van der Waals surface area contributed by atoms with E-state index in [4.69, 9.17) is 0 Å². The van der Waals surface area contributed by atoms with E-state index >= 15 is 0 Å². The molecule has 0 spiro atoms. The van der Waals surface area contributed by atoms with Crippen LogP contribution in [-0.4, -0.2) is 34.8 Å². The van der Waals surface area contributed by atoms with Crippen LogP contribution in [0.1, 0.15) is 70.4 Å². The van der Waals surface area contributed by atoms with Gasteiger partial charge in [0.1, 0.15) is 11.9 Å². The lowest BCUT2D eigenvalue weighted by Gasteiger charge is -2.28. The number of hydrogen-bond donors (Lipinski definition) is 2. The highest BCUT2D eigenvalue weighted by Crippen LogP contribution is 2.26. The van der Waals surface area contributed by atoms with E-state index in [-0.39, 0.29) is 54.5 Å². The van der Waals surface area contributed by atoms with Crippen LogP contribution < -0.4 is 10.6 Å². The van der Waals surface area contributed by atoms with Crippen LogP contribution in [0.25, 0.3) is 0 Å². The Morgan fingerprint density at radius 3 is 2.45 bits per heavy atom. The molecule has 0 aromatic heterocycles. The zero-order valence-corrected chi connectivity index (χ0v) is 17.1. The zero-order chi connectivity index (χ0) is 21.0. The molecule has 2 atom stereocenters. The molecule has 29 heavy (non-hydrogen) atoms. The number of urea groups is 1. The highest BCUT2D eigenvalue weighted by Gasteiger charge is 2.42. The van der Waals surface area contributed by atoms with Crippen molar-refractivity contribution in [1.29, 1.82) is 0 Å². The lowest BCUT2D eigenvalue weighted by atomic mass is 9.94. The predicted octanol–water partition coefficient (Wildman–Crippen LogP) is 3.67. The van der Waals surface area contributed by atoms with E-state index in [2.05, 4.69) is 10.6 Å². The van der Waals surface area contributed by atoms with Gasteiger partial charge in [-0.05, 0) is 42.9 Å². The van der Waals surface area contributed by atoms with Gasteiger partial charge in [-0.1, -0.05) is 45.2 Å². The number of amides is 4. The first-order valence-corrected chi connectivity index (χ1v) is 10.5. The number of nitrogens with zero attached hydrogens (tertiary/aromatic N) is 1. The van der Waals surface area contributed by atoms with Crippen molar-refractivity contribution in [3.05, 3.63) is 35.6 Å². The summed E-state index contributed by atoms with van der Waals surface area (Å²) in [6, 6.07) is 4.87. The number of nitrogens with one attached hydrogen (secondary N) is 2. The Balaban J connectivity index is 1.55. The Kier molecular flexibility index (Phi) is 6.87. The van der Waals surface area contributed by atoms with Crippen LogP contribution in [0, 0.1) is 11.7 Å². The monoisotopic (exact) mass is 403 g/mol. The van der Waals surface area contributed by atoms with Crippen LogP contribution in [0.2, 0.25) is 0 Å². The zero-order valence-electron chi connectivity index (χ0n) is 17.1. The molecule has 1 aliphatic heterocycles. The minimum absolute atomic E-state index is 0.0149. The Morgan fingerprint density at radius 2 is 1.83 bits per heavy atom. The third-order valence-corrected chi connectivity index (χ3v) is 5.86. The van der Waals surface area contributed by atoms with Gasteiger partial charge in [0.15, 0.2) is 0 Å². The summed E-state index contributed by atoms with van der Waals surface area (Å²) in [7, 11) is 0. The van der Waals surface area contributed by atoms with Crippen molar-refractivity contribution in [2.75, 3.05) is 0 Å². The highest BCUT2D eigenvalue weighted by atomic mass is 19.1. The number of imide groups is 1. The van der Waals surface area contributed by atoms with Gasteiger partial charge in [-0.25, -0.2) is 9.18 Å². The quantitative estimate of drug-likeness (QED) is 0.682. The van der Waals surface area contributed by atoms with Crippen LogP contribution in [0.5, 0.6) is 0 Å². The van der Waals surface area contributed by atoms with Gasteiger partial charge in [0.05, 0.1) is 6.04 Å². The second-order valence-corrected chi connectivity index (χ2v) is 8.38. The first-order valence-electron chi connectivity index (χ1n) is 10.5. The SMILES string of the molecule is CC(C)[C@@H](NC(=O)CC[C@H]1NC(=O)N(C2CCCCC2)C1=O)c1ccc(F)cc1. The molecule has 1 saturated heterocycles. The minimum Gasteiger partial charge on any atom is -0.349 e. The van der Waals surface area contributed by atoms with Crippen LogP contribution in [0.4, 0.5) is 9.18 Å². The summed E-state index contributed by atoms with van der Waals surface area (Å²) in [6.45, 7) is 3.97. The summed E-state index contributed by atoms with van der Waals surface area (Å²) in [4.78, 5) is 38.8. The van der Waals surface area contributed by atoms with Crippen LogP contribution in [-0.2, 0) is 9.59 Å². The standard InChI is InChI=1S/C22H30FN3O3/c1-14(2)20(15-8-10-16(23)11-9-15)25-19(27)13-12-18-21(28)26(22(29)24-18)17-6-4-3-5-7-17/h8-11,14,17-18,20H,3-7,12-13H2,1-2H3,(H,24,29)(H,25,27)/t18-,20-/m1/s1. The van der Waals surface area contributed by atoms with E-state index in [1.54, 1.807) is 12.1 Å². The Labute approximate surface area is 171 Å². The summed E-state index contributed by atoms with van der Waals surface area (Å²) < 4.78 is 13.2. The molecular weight excluding hydrogens is 373 g/mol. The molecule has 2 fully saturated rings. The van der Waals surface area contributed by atoms with Gasteiger partial charge in [-0.3, -0.25) is 14.5 Å². The maximum Gasteiger partial charge on any atom is 0.325 e. The lowest BCUT2D eigenvalue weighted by Crippen LogP contribution is -2.42. The number of carbonyl (C=O) groups is 3. The number of rotatable bonds is 7. The normalized spacial score (nSPS) is 21.4. The molecule has 0 unspecified atom stereocenters. The van der Waals surface area contributed by atoms with Crippen molar-refractivity contribution >= 4 is 17.8 Å². The summed E-state index contributed by atoms with van der Waals surface area (Å²) in [5.74, 6) is -0.598. The number of halogens is 1. The lowest BCUT2D eigenvalue weighted by molar-refractivity contribution is -0.129. The molecule has 1 aromatic rings. The van der Waals surface area contributed by atoms with Crippen LogP contribution in [0.3, 0.4) is 0 Å². The average molecular weight is 403 g/mol. The molecule has 1 aliphatic carbocycles. The fourth-order valence-electron chi connectivity index (χ4n) is 4.26. The predicted molar refractivity (Wildman–Crippen MR) is 107 cm³/mol. The van der Waals surface area contributed by atoms with E-state index in [9.17, 15) is 18.8 Å². The number of benzene rings is 1. The third kappa shape index (κ3) is 5.14. The summed E-state index contributed by atoms with van der Waals surface area (Å²) in [5, 5.41) is 5.71. The van der Waals surface area contributed by atoms with Crippen molar-refractivity contribution in [1.82, 2.24) is 15.5 Å². The summed E-state index contributed by atoms with van der Waals surface area (Å²) >= 11 is 0. The van der Waals surface area contributed by atoms with Crippen molar-refractivity contribution < 1.29 is 18.8 Å². The molecule has 1 saturated carbocycles. The number of hydrogen-bond acceptors (Lipinski definition) is 3. The average Bonchev–Trinajstić information content (AvgIpc) is 2.99. The van der Waals surface area contributed by atoms with Crippen molar-refractivity contribution in [3.63, 3.8) is 0 Å². The first kappa shape index (κ1) is 21.3. The van der Waals surface area contributed by atoms with Crippen molar-refractivity contribution in [2.45, 2.75) is 76.9 Å². The molecule has 158 valence electrons. The number of carbonyl (C=O) groups excluding carboxylic acids is 3. The summed E-state index contributed by atoms with van der Waals surface area (Å²) in [5.41, 5.74) is 0.837. The van der Waals surface area contributed by atoms with E-state index < -0.39 is 6.04 Å². The highest BCUT2D eigenvalue weighted by molar-refractivity contribution is 6.04. The van der Waals surface area contributed by atoms with Crippen molar-refractivity contribution in [2.24, 2.45) is 5.92 Å². The van der Waals surface area contributed by atoms with Gasteiger partial charge in [0, 0.05) is 12.5 Å². The molecule has 0 radical (unpaired) electrons. The maximum atomic E-state index is 13.2. The first-order chi connectivity index (χ1) is 13.9. The van der Waals surface area contributed by atoms with E-state index in [0.29, 0.717) is 0 Å². The smallest absolute Gasteiger partial charge is 0.325 e. The van der Waals surface area contributed by atoms with Gasteiger partial charge < -0.3 is 10.6 Å². The van der Waals surface area contributed by atoms with Gasteiger partial charge in [0.2, 0.25) is 5.91 Å². The van der Waals surface area contributed by atoms with E-state index in [0.717, 1.165) is 37.7 Å². The molecule has 3 rings (SSSR count). The maximum absolute atomic E-state index is 13.2. The van der Waals surface area contributed by atoms with Gasteiger partial charge >= 0.3 is 6.03 Å². The minimum atomic E-state index is -0.640. The summed E-state index contributed by atoms with van der Waals surface area (Å²) in [6.07, 6.45) is 5.35. The molecule has 7 heteroatoms. The molecule has 1 heterocycles. The largest absolute Gasteiger partial charge is 0.349 e. The second kappa shape index (κ2) is 9.37. The van der Waals surface area contributed by atoms with Crippen molar-refractivity contribution in [3.8, 4) is 0 Å². The topological polar surface area (TPSA) is 78.5 Å². The molecule has 1 aromatic carbocycles. The van der Waals surface area contributed by atoms with E-state index in [1.807, 2.05) is 13.8 Å². The molecule has 0 bridgehead atoms. The second-order valence-electron chi connectivity index (χ2n) is 8.38. The molecule has 4 amide bonds. The molecule has 2 aliphatic rings. The Morgan fingerprint density at radius 1 is 1.17 bits per heavy atom. The van der Waals surface area contributed by atoms with E-state index in [1.165, 1.54) is 17.0 Å². The Hall–Kier alpha value is -2.44.